The average molecular weight is 362 g/mol. The van der Waals surface area contributed by atoms with Crippen molar-refractivity contribution in [1.82, 2.24) is 0 Å². The molecule has 2 aromatic carbocycles. The highest BCUT2D eigenvalue weighted by molar-refractivity contribution is 7.54. The van der Waals surface area contributed by atoms with Crippen LogP contribution in [0.15, 0.2) is 60.7 Å². The Kier molecular flexibility index (Phi) is 7.38. The van der Waals surface area contributed by atoms with Crippen LogP contribution in [0.3, 0.4) is 0 Å². The Balaban J connectivity index is 2.13. The highest BCUT2D eigenvalue weighted by Gasteiger charge is 2.37. The zero-order chi connectivity index (χ0) is 18.1. The molecule has 1 atom stereocenters. The molecule has 5 nitrogen and oxygen atoms in total. The Morgan fingerprint density at radius 3 is 1.72 bits per heavy atom. The van der Waals surface area contributed by atoms with Crippen molar-refractivity contribution in [2.24, 2.45) is 0 Å². The Hall–Kier alpha value is -1.94. The minimum Gasteiger partial charge on any atom is -0.450 e. The standard InChI is InChI=1S/C19H23O5P/c1-3-19(24-16(2)20)25(21,22-14-17-10-6-4-7-11-17)23-15-18-12-8-5-9-13-18/h4-13,19H,3,14-15H2,1-2H3. The molecule has 0 aliphatic carbocycles. The van der Waals surface area contributed by atoms with Gasteiger partial charge in [0.1, 0.15) is 0 Å². The van der Waals surface area contributed by atoms with Crippen LogP contribution in [0.2, 0.25) is 0 Å². The number of hydrogen-bond acceptors (Lipinski definition) is 5. The predicted octanol–water partition coefficient (Wildman–Crippen LogP) is 4.91. The smallest absolute Gasteiger partial charge is 0.371 e. The first kappa shape index (κ1) is 19.4. The zero-order valence-corrected chi connectivity index (χ0v) is 15.4. The normalized spacial score (nSPS) is 12.6. The molecule has 1 unspecified atom stereocenters. The second kappa shape index (κ2) is 9.52. The molecule has 0 aliphatic heterocycles. The summed E-state index contributed by atoms with van der Waals surface area (Å²) in [6.45, 7) is 3.29. The van der Waals surface area contributed by atoms with Crippen molar-refractivity contribution in [1.29, 1.82) is 0 Å². The summed E-state index contributed by atoms with van der Waals surface area (Å²) in [4.78, 5) is 11.4. The molecule has 0 aromatic heterocycles. The molecule has 0 N–H and O–H groups in total. The Morgan fingerprint density at radius 1 is 0.920 bits per heavy atom. The van der Waals surface area contributed by atoms with E-state index in [9.17, 15) is 9.36 Å². The molecule has 0 bridgehead atoms. The fourth-order valence-electron chi connectivity index (χ4n) is 2.24. The third kappa shape index (κ3) is 6.13. The fraction of sp³-hybridized carbons (Fsp3) is 0.316. The molecule has 6 heteroatoms. The Labute approximate surface area is 148 Å². The van der Waals surface area contributed by atoms with Crippen LogP contribution in [0, 0.1) is 0 Å². The van der Waals surface area contributed by atoms with Crippen molar-refractivity contribution in [2.45, 2.75) is 39.3 Å². The molecular formula is C19H23O5P. The molecule has 0 saturated carbocycles. The van der Waals surface area contributed by atoms with Gasteiger partial charge in [-0.1, -0.05) is 67.6 Å². The largest absolute Gasteiger partial charge is 0.450 e. The third-order valence-electron chi connectivity index (χ3n) is 3.51. The summed E-state index contributed by atoms with van der Waals surface area (Å²) >= 11 is 0. The van der Waals surface area contributed by atoms with E-state index < -0.39 is 19.4 Å². The molecule has 0 fully saturated rings. The van der Waals surface area contributed by atoms with Gasteiger partial charge in [0.25, 0.3) is 0 Å². The molecule has 0 saturated heterocycles. The quantitative estimate of drug-likeness (QED) is 0.468. The number of benzene rings is 2. The van der Waals surface area contributed by atoms with E-state index in [0.717, 1.165) is 11.1 Å². The SMILES string of the molecule is CCC(OC(C)=O)P(=O)(OCc1ccccc1)OCc1ccccc1. The van der Waals surface area contributed by atoms with Gasteiger partial charge in [-0.3, -0.25) is 9.36 Å². The van der Waals surface area contributed by atoms with Gasteiger partial charge in [-0.05, 0) is 17.5 Å². The zero-order valence-electron chi connectivity index (χ0n) is 14.5. The first-order valence-electron chi connectivity index (χ1n) is 8.17. The van der Waals surface area contributed by atoms with Crippen molar-refractivity contribution >= 4 is 13.6 Å². The number of ether oxygens (including phenoxy) is 1. The summed E-state index contributed by atoms with van der Waals surface area (Å²) in [6, 6.07) is 18.8. The van der Waals surface area contributed by atoms with E-state index >= 15 is 0 Å². The summed E-state index contributed by atoms with van der Waals surface area (Å²) < 4.78 is 29.8. The van der Waals surface area contributed by atoms with E-state index in [1.165, 1.54) is 6.92 Å². The minimum absolute atomic E-state index is 0.116. The summed E-state index contributed by atoms with van der Waals surface area (Å²) in [7, 11) is -3.66. The molecule has 0 aliphatic rings. The van der Waals surface area contributed by atoms with Crippen LogP contribution in [0.25, 0.3) is 0 Å². The molecule has 0 radical (unpaired) electrons. The first-order valence-corrected chi connectivity index (χ1v) is 9.78. The fourth-order valence-corrected chi connectivity index (χ4v) is 4.03. The van der Waals surface area contributed by atoms with E-state index in [2.05, 4.69) is 0 Å². The third-order valence-corrected chi connectivity index (χ3v) is 5.67. The van der Waals surface area contributed by atoms with E-state index in [1.807, 2.05) is 60.7 Å². The Bertz CT molecular complexity index is 655. The van der Waals surface area contributed by atoms with Gasteiger partial charge in [0, 0.05) is 6.92 Å². The van der Waals surface area contributed by atoms with Crippen molar-refractivity contribution in [3.8, 4) is 0 Å². The lowest BCUT2D eigenvalue weighted by molar-refractivity contribution is -0.143. The van der Waals surface area contributed by atoms with Gasteiger partial charge < -0.3 is 13.8 Å². The van der Waals surface area contributed by atoms with E-state index in [0.29, 0.717) is 6.42 Å². The minimum atomic E-state index is -3.66. The van der Waals surface area contributed by atoms with E-state index in [1.54, 1.807) is 6.92 Å². The lowest BCUT2D eigenvalue weighted by atomic mass is 10.2. The van der Waals surface area contributed by atoms with Crippen LogP contribution in [0.5, 0.6) is 0 Å². The maximum Gasteiger partial charge on any atom is 0.371 e. The molecule has 25 heavy (non-hydrogen) atoms. The molecule has 2 rings (SSSR count). The Morgan fingerprint density at radius 2 is 1.36 bits per heavy atom. The van der Waals surface area contributed by atoms with E-state index in [4.69, 9.17) is 13.8 Å². The van der Waals surface area contributed by atoms with Gasteiger partial charge >= 0.3 is 13.6 Å². The van der Waals surface area contributed by atoms with Crippen molar-refractivity contribution < 1.29 is 23.1 Å². The highest BCUT2D eigenvalue weighted by Crippen LogP contribution is 2.56. The van der Waals surface area contributed by atoms with Crippen molar-refractivity contribution in [3.05, 3.63) is 71.8 Å². The van der Waals surface area contributed by atoms with Crippen LogP contribution in [-0.2, 0) is 36.4 Å². The van der Waals surface area contributed by atoms with Crippen molar-refractivity contribution in [2.75, 3.05) is 0 Å². The van der Waals surface area contributed by atoms with Crippen LogP contribution >= 0.6 is 7.60 Å². The van der Waals surface area contributed by atoms with Crippen LogP contribution in [0.4, 0.5) is 0 Å². The maximum atomic E-state index is 13.3. The van der Waals surface area contributed by atoms with Gasteiger partial charge in [0.2, 0.25) is 5.85 Å². The topological polar surface area (TPSA) is 61.8 Å². The lowest BCUT2D eigenvalue weighted by Crippen LogP contribution is -2.19. The number of carbonyl (C=O) groups excluding carboxylic acids is 1. The summed E-state index contributed by atoms with van der Waals surface area (Å²) in [5.74, 6) is -1.45. The van der Waals surface area contributed by atoms with Gasteiger partial charge in [0.15, 0.2) is 0 Å². The molecule has 2 aromatic rings. The number of carbonyl (C=O) groups is 1. The first-order chi connectivity index (χ1) is 12.0. The van der Waals surface area contributed by atoms with Crippen LogP contribution < -0.4 is 0 Å². The maximum absolute atomic E-state index is 13.3. The summed E-state index contributed by atoms with van der Waals surface area (Å²) in [5.41, 5.74) is 1.73. The van der Waals surface area contributed by atoms with E-state index in [-0.39, 0.29) is 13.2 Å². The van der Waals surface area contributed by atoms with Gasteiger partial charge in [0.05, 0.1) is 13.2 Å². The van der Waals surface area contributed by atoms with Gasteiger partial charge in [-0.15, -0.1) is 0 Å². The lowest BCUT2D eigenvalue weighted by Gasteiger charge is -2.25. The molecular weight excluding hydrogens is 339 g/mol. The second-order valence-corrected chi connectivity index (χ2v) is 7.70. The van der Waals surface area contributed by atoms with Crippen LogP contribution in [0.1, 0.15) is 31.4 Å². The number of esters is 1. The molecule has 134 valence electrons. The summed E-state index contributed by atoms with van der Waals surface area (Å²) in [5, 5.41) is 0. The number of rotatable bonds is 9. The summed E-state index contributed by atoms with van der Waals surface area (Å²) in [6.07, 6.45) is 0.334. The van der Waals surface area contributed by atoms with Crippen molar-refractivity contribution in [3.63, 3.8) is 0 Å². The second-order valence-electron chi connectivity index (χ2n) is 5.53. The predicted molar refractivity (Wildman–Crippen MR) is 95.9 cm³/mol. The highest BCUT2D eigenvalue weighted by atomic mass is 31.2. The molecule has 0 heterocycles. The number of hydrogen-bond donors (Lipinski definition) is 0. The molecule has 0 amide bonds. The van der Waals surface area contributed by atoms with Crippen LogP contribution in [-0.4, -0.2) is 11.8 Å². The van der Waals surface area contributed by atoms with Gasteiger partial charge in [-0.2, -0.15) is 0 Å². The monoisotopic (exact) mass is 362 g/mol. The average Bonchev–Trinajstić information content (AvgIpc) is 2.64. The van der Waals surface area contributed by atoms with Gasteiger partial charge in [-0.25, -0.2) is 0 Å². The molecule has 0 spiro atoms.